The monoisotopic (exact) mass is 264 g/mol. The molecule has 19 heavy (non-hydrogen) atoms. The van der Waals surface area contributed by atoms with Crippen LogP contribution >= 0.6 is 0 Å². The summed E-state index contributed by atoms with van der Waals surface area (Å²) in [7, 11) is 0. The molecule has 1 aliphatic rings. The second-order valence-electron chi connectivity index (χ2n) is 6.29. The third-order valence-corrected chi connectivity index (χ3v) is 3.76. The highest BCUT2D eigenvalue weighted by molar-refractivity contribution is 5.90. The number of nitrogens with one attached hydrogen (secondary N) is 2. The molecule has 1 saturated carbocycles. The predicted octanol–water partition coefficient (Wildman–Crippen LogP) is 2.46. The molecule has 1 aliphatic carbocycles. The molecule has 1 unspecified atom stereocenters. The molecule has 0 aromatic carbocycles. The lowest BCUT2D eigenvalue weighted by Gasteiger charge is -2.35. The average molecular weight is 264 g/mol. The molecule has 0 saturated heterocycles. The molecule has 1 atom stereocenters. The molecule has 0 spiro atoms. The molecule has 2 rings (SSSR count). The Balaban J connectivity index is 1.92. The van der Waals surface area contributed by atoms with Gasteiger partial charge in [-0.2, -0.15) is 0 Å². The van der Waals surface area contributed by atoms with Gasteiger partial charge in [0.05, 0.1) is 0 Å². The molecule has 0 radical (unpaired) electrons. The van der Waals surface area contributed by atoms with Gasteiger partial charge in [0.25, 0.3) is 5.91 Å². The van der Waals surface area contributed by atoms with Crippen molar-refractivity contribution < 1.29 is 4.79 Å². The van der Waals surface area contributed by atoms with E-state index in [1.165, 1.54) is 12.8 Å². The van der Waals surface area contributed by atoms with E-state index in [0.717, 1.165) is 31.5 Å². The van der Waals surface area contributed by atoms with Crippen molar-refractivity contribution >= 4 is 5.91 Å². The molecule has 5 nitrogen and oxygen atoms in total. The molecule has 0 aliphatic heterocycles. The van der Waals surface area contributed by atoms with Gasteiger partial charge in [-0.3, -0.25) is 9.89 Å². The third kappa shape index (κ3) is 3.78. The molecule has 1 aromatic heterocycles. The van der Waals surface area contributed by atoms with Crippen LogP contribution in [0.15, 0.2) is 0 Å². The molecule has 1 amide bonds. The van der Waals surface area contributed by atoms with E-state index in [-0.39, 0.29) is 17.8 Å². The van der Waals surface area contributed by atoms with E-state index in [0.29, 0.717) is 5.41 Å². The summed E-state index contributed by atoms with van der Waals surface area (Å²) in [5.74, 6) is 0.907. The molecular weight excluding hydrogens is 240 g/mol. The standard InChI is InChI=1S/C14H24N4O/c1-4-6-11-16-12(18-17-11)13(19)15-10-7-5-8-14(2,3)9-10/h10H,4-9H2,1-3H3,(H,15,19)(H,16,17,18). The van der Waals surface area contributed by atoms with E-state index in [2.05, 4.69) is 41.3 Å². The molecular formula is C14H24N4O. The SMILES string of the molecule is CCCc1nc(C(=O)NC2CCCC(C)(C)C2)n[nH]1. The van der Waals surface area contributed by atoms with Gasteiger partial charge >= 0.3 is 0 Å². The Kier molecular flexibility index (Phi) is 4.22. The van der Waals surface area contributed by atoms with Gasteiger partial charge in [0.15, 0.2) is 0 Å². The van der Waals surface area contributed by atoms with Crippen molar-refractivity contribution in [2.24, 2.45) is 5.41 Å². The zero-order chi connectivity index (χ0) is 13.9. The van der Waals surface area contributed by atoms with Gasteiger partial charge in [0.1, 0.15) is 5.82 Å². The molecule has 106 valence electrons. The van der Waals surface area contributed by atoms with Crippen molar-refractivity contribution in [2.45, 2.75) is 65.3 Å². The van der Waals surface area contributed by atoms with E-state index < -0.39 is 0 Å². The van der Waals surface area contributed by atoms with Crippen molar-refractivity contribution in [1.82, 2.24) is 20.5 Å². The zero-order valence-electron chi connectivity index (χ0n) is 12.1. The predicted molar refractivity (Wildman–Crippen MR) is 73.9 cm³/mol. The number of H-pyrrole nitrogens is 1. The smallest absolute Gasteiger partial charge is 0.291 e. The summed E-state index contributed by atoms with van der Waals surface area (Å²) in [5, 5.41) is 9.87. The first-order valence-electron chi connectivity index (χ1n) is 7.22. The van der Waals surface area contributed by atoms with Gasteiger partial charge in [0, 0.05) is 12.5 Å². The molecule has 1 heterocycles. The van der Waals surface area contributed by atoms with Crippen LogP contribution in [0.4, 0.5) is 0 Å². The minimum absolute atomic E-state index is 0.152. The number of hydrogen-bond acceptors (Lipinski definition) is 3. The summed E-state index contributed by atoms with van der Waals surface area (Å²) in [6, 6.07) is 0.254. The lowest BCUT2D eigenvalue weighted by Crippen LogP contribution is -2.41. The zero-order valence-corrected chi connectivity index (χ0v) is 12.1. The Bertz CT molecular complexity index is 438. The first kappa shape index (κ1) is 14.0. The molecule has 2 N–H and O–H groups in total. The van der Waals surface area contributed by atoms with Crippen LogP contribution in [-0.4, -0.2) is 27.1 Å². The van der Waals surface area contributed by atoms with Crippen LogP contribution < -0.4 is 5.32 Å². The number of aromatic amines is 1. The minimum Gasteiger partial charge on any atom is -0.347 e. The Morgan fingerprint density at radius 2 is 2.32 bits per heavy atom. The maximum Gasteiger partial charge on any atom is 0.291 e. The number of nitrogens with zero attached hydrogens (tertiary/aromatic N) is 2. The van der Waals surface area contributed by atoms with E-state index in [1.54, 1.807) is 0 Å². The number of carbonyl (C=O) groups is 1. The Hall–Kier alpha value is -1.39. The summed E-state index contributed by atoms with van der Waals surface area (Å²) < 4.78 is 0. The first-order valence-corrected chi connectivity index (χ1v) is 7.22. The van der Waals surface area contributed by atoms with Crippen LogP contribution in [0.5, 0.6) is 0 Å². The second-order valence-corrected chi connectivity index (χ2v) is 6.29. The van der Waals surface area contributed by atoms with Gasteiger partial charge in [-0.05, 0) is 31.1 Å². The summed E-state index contributed by atoms with van der Waals surface area (Å²) in [6.07, 6.45) is 6.32. The van der Waals surface area contributed by atoms with Crippen molar-refractivity contribution in [3.05, 3.63) is 11.6 Å². The molecule has 0 bridgehead atoms. The number of rotatable bonds is 4. The Labute approximate surface area is 114 Å². The highest BCUT2D eigenvalue weighted by Crippen LogP contribution is 2.35. The van der Waals surface area contributed by atoms with Crippen LogP contribution in [0.25, 0.3) is 0 Å². The summed E-state index contributed by atoms with van der Waals surface area (Å²) in [4.78, 5) is 16.3. The molecule has 1 fully saturated rings. The van der Waals surface area contributed by atoms with Gasteiger partial charge < -0.3 is 5.32 Å². The molecule has 1 aromatic rings. The number of carbonyl (C=O) groups excluding carboxylic acids is 1. The lowest BCUT2D eigenvalue weighted by molar-refractivity contribution is 0.0892. The van der Waals surface area contributed by atoms with Crippen LogP contribution in [0.2, 0.25) is 0 Å². The topological polar surface area (TPSA) is 70.7 Å². The highest BCUT2D eigenvalue weighted by atomic mass is 16.2. The largest absolute Gasteiger partial charge is 0.347 e. The number of aryl methyl sites for hydroxylation is 1. The number of aromatic nitrogens is 3. The van der Waals surface area contributed by atoms with Gasteiger partial charge in [-0.25, -0.2) is 4.98 Å². The minimum atomic E-state index is -0.152. The van der Waals surface area contributed by atoms with Crippen LogP contribution in [0, 0.1) is 5.41 Å². The Morgan fingerprint density at radius 1 is 1.53 bits per heavy atom. The van der Waals surface area contributed by atoms with Crippen molar-refractivity contribution in [2.75, 3.05) is 0 Å². The van der Waals surface area contributed by atoms with Crippen molar-refractivity contribution in [3.63, 3.8) is 0 Å². The normalized spacial score (nSPS) is 22.2. The second kappa shape index (κ2) is 5.72. The molecule has 5 heteroatoms. The van der Waals surface area contributed by atoms with E-state index >= 15 is 0 Å². The fraction of sp³-hybridized carbons (Fsp3) is 0.786. The van der Waals surface area contributed by atoms with Crippen molar-refractivity contribution in [1.29, 1.82) is 0 Å². The van der Waals surface area contributed by atoms with Crippen LogP contribution in [-0.2, 0) is 6.42 Å². The van der Waals surface area contributed by atoms with E-state index in [1.807, 2.05) is 0 Å². The van der Waals surface area contributed by atoms with Gasteiger partial charge in [-0.1, -0.05) is 27.2 Å². The third-order valence-electron chi connectivity index (χ3n) is 3.76. The quantitative estimate of drug-likeness (QED) is 0.877. The maximum atomic E-state index is 12.1. The highest BCUT2D eigenvalue weighted by Gasteiger charge is 2.29. The maximum absolute atomic E-state index is 12.1. The van der Waals surface area contributed by atoms with Gasteiger partial charge in [0.2, 0.25) is 5.82 Å². The summed E-state index contributed by atoms with van der Waals surface area (Å²) in [5.41, 5.74) is 0.322. The summed E-state index contributed by atoms with van der Waals surface area (Å²) in [6.45, 7) is 6.60. The fourth-order valence-corrected chi connectivity index (χ4v) is 2.82. The number of hydrogen-bond donors (Lipinski definition) is 2. The lowest BCUT2D eigenvalue weighted by atomic mass is 9.75. The van der Waals surface area contributed by atoms with E-state index in [9.17, 15) is 4.79 Å². The Morgan fingerprint density at radius 3 is 3.00 bits per heavy atom. The number of amides is 1. The first-order chi connectivity index (χ1) is 9.00. The van der Waals surface area contributed by atoms with Crippen LogP contribution in [0.1, 0.15) is 69.3 Å². The fourth-order valence-electron chi connectivity index (χ4n) is 2.82. The van der Waals surface area contributed by atoms with Crippen LogP contribution in [0.3, 0.4) is 0 Å². The summed E-state index contributed by atoms with van der Waals surface area (Å²) >= 11 is 0. The van der Waals surface area contributed by atoms with Crippen molar-refractivity contribution in [3.8, 4) is 0 Å². The van der Waals surface area contributed by atoms with E-state index in [4.69, 9.17) is 0 Å². The average Bonchev–Trinajstić information content (AvgIpc) is 2.77. The van der Waals surface area contributed by atoms with Gasteiger partial charge in [-0.15, -0.1) is 5.10 Å².